The van der Waals surface area contributed by atoms with Crippen LogP contribution in [0.5, 0.6) is 0 Å². The number of hydrogen-bond donors (Lipinski definition) is 0. The van der Waals surface area contributed by atoms with Crippen LogP contribution in [-0.4, -0.2) is 50.2 Å². The largest absolute Gasteiger partial charge is 0.436 e. The van der Waals surface area contributed by atoms with Gasteiger partial charge in [0.2, 0.25) is 10.0 Å². The van der Waals surface area contributed by atoms with Crippen LogP contribution in [0.1, 0.15) is 41.3 Å². The maximum atomic E-state index is 13.4. The molecule has 1 saturated heterocycles. The average Bonchev–Trinajstić information content (AvgIpc) is 3.25. The summed E-state index contributed by atoms with van der Waals surface area (Å²) in [6, 6.07) is 1.92. The van der Waals surface area contributed by atoms with E-state index in [-0.39, 0.29) is 24.7 Å². The molecule has 0 saturated carbocycles. The van der Waals surface area contributed by atoms with Crippen molar-refractivity contribution in [2.45, 2.75) is 43.7 Å². The number of rotatable bonds is 3. The summed E-state index contributed by atoms with van der Waals surface area (Å²) in [6.45, 7) is 3.56. The second-order valence-corrected chi connectivity index (χ2v) is 9.41. The van der Waals surface area contributed by atoms with Crippen molar-refractivity contribution in [3.05, 3.63) is 41.1 Å². The van der Waals surface area contributed by atoms with Crippen LogP contribution >= 0.6 is 0 Å². The zero-order valence-corrected chi connectivity index (χ0v) is 17.5. The molecule has 162 valence electrons. The quantitative estimate of drug-likeness (QED) is 0.623. The molecule has 4 rings (SSSR count). The number of nitrogens with zero attached hydrogens (tertiary/aromatic N) is 6. The Morgan fingerprint density at radius 2 is 1.83 bits per heavy atom. The molecule has 0 bridgehead atoms. The van der Waals surface area contributed by atoms with Gasteiger partial charge in [-0.05, 0) is 49.8 Å². The third-order valence-corrected chi connectivity index (χ3v) is 7.75. The zero-order valence-electron chi connectivity index (χ0n) is 16.7. The summed E-state index contributed by atoms with van der Waals surface area (Å²) in [5, 5.41) is 7.55. The van der Waals surface area contributed by atoms with E-state index >= 15 is 0 Å². The molecule has 0 spiro atoms. The van der Waals surface area contributed by atoms with Crippen molar-refractivity contribution in [3.63, 3.8) is 0 Å². The molecule has 0 atom stereocenters. The van der Waals surface area contributed by atoms with Gasteiger partial charge < -0.3 is 0 Å². The number of pyridine rings is 1. The third-order valence-electron chi connectivity index (χ3n) is 5.70. The minimum atomic E-state index is -4.85. The van der Waals surface area contributed by atoms with E-state index in [2.05, 4.69) is 15.2 Å². The fourth-order valence-electron chi connectivity index (χ4n) is 4.02. The molecule has 0 unspecified atom stereocenters. The summed E-state index contributed by atoms with van der Waals surface area (Å²) in [5.74, 6) is 0.0853. The van der Waals surface area contributed by atoms with Crippen molar-refractivity contribution in [2.24, 2.45) is 7.05 Å². The van der Waals surface area contributed by atoms with E-state index in [9.17, 15) is 21.6 Å². The van der Waals surface area contributed by atoms with Gasteiger partial charge in [-0.15, -0.1) is 0 Å². The van der Waals surface area contributed by atoms with Crippen molar-refractivity contribution in [3.8, 4) is 0 Å². The lowest BCUT2D eigenvalue weighted by molar-refractivity contribution is -0.143. The van der Waals surface area contributed by atoms with Crippen LogP contribution in [0.25, 0.3) is 5.65 Å². The lowest BCUT2D eigenvalue weighted by Gasteiger charge is -2.32. The van der Waals surface area contributed by atoms with Gasteiger partial charge in [-0.1, -0.05) is 0 Å². The normalized spacial score (nSPS) is 17.1. The molecule has 0 radical (unpaired) electrons. The summed E-state index contributed by atoms with van der Waals surface area (Å²) < 4.78 is 70.1. The van der Waals surface area contributed by atoms with Crippen LogP contribution in [0, 0.1) is 13.8 Å². The van der Waals surface area contributed by atoms with Crippen LogP contribution in [0.4, 0.5) is 13.2 Å². The average molecular weight is 442 g/mol. The van der Waals surface area contributed by atoms with E-state index in [1.807, 2.05) is 19.2 Å². The number of aromatic nitrogens is 5. The summed E-state index contributed by atoms with van der Waals surface area (Å²) >= 11 is 0. The third kappa shape index (κ3) is 3.37. The summed E-state index contributed by atoms with van der Waals surface area (Å²) in [6.07, 6.45) is -0.499. The smallest absolute Gasteiger partial charge is 0.271 e. The molecule has 3 aromatic heterocycles. The second kappa shape index (κ2) is 7.05. The van der Waals surface area contributed by atoms with Crippen molar-refractivity contribution in [1.29, 1.82) is 0 Å². The van der Waals surface area contributed by atoms with Crippen LogP contribution in [0.2, 0.25) is 0 Å². The minimum absolute atomic E-state index is 0.0306. The van der Waals surface area contributed by atoms with Crippen LogP contribution in [0.3, 0.4) is 0 Å². The fraction of sp³-hybridized carbons (Fsp3) is 0.500. The molecule has 12 heteroatoms. The zero-order chi connectivity index (χ0) is 21.8. The lowest BCUT2D eigenvalue weighted by atomic mass is 9.89. The lowest BCUT2D eigenvalue weighted by Crippen LogP contribution is -2.39. The highest BCUT2D eigenvalue weighted by molar-refractivity contribution is 7.89. The highest BCUT2D eigenvalue weighted by atomic mass is 32.2. The van der Waals surface area contributed by atoms with E-state index in [4.69, 9.17) is 0 Å². The first-order chi connectivity index (χ1) is 14.0. The summed E-state index contributed by atoms with van der Waals surface area (Å²) in [4.78, 5) is 3.39. The number of piperidine rings is 1. The van der Waals surface area contributed by atoms with Gasteiger partial charge >= 0.3 is 6.18 Å². The molecule has 0 aliphatic carbocycles. The fourth-order valence-corrected chi connectivity index (χ4v) is 5.87. The van der Waals surface area contributed by atoms with Gasteiger partial charge in [0.1, 0.15) is 11.2 Å². The predicted octanol–water partition coefficient (Wildman–Crippen LogP) is 2.67. The van der Waals surface area contributed by atoms with Crippen molar-refractivity contribution in [2.75, 3.05) is 13.1 Å². The Bertz CT molecular complexity index is 1210. The number of aryl methyl sites for hydroxylation is 2. The molecule has 0 aromatic carbocycles. The molecule has 0 N–H and O–H groups in total. The maximum Gasteiger partial charge on any atom is 0.436 e. The number of alkyl halides is 3. The van der Waals surface area contributed by atoms with E-state index in [0.717, 1.165) is 25.8 Å². The van der Waals surface area contributed by atoms with Gasteiger partial charge in [0.25, 0.3) is 0 Å². The molecule has 30 heavy (non-hydrogen) atoms. The first-order valence-electron chi connectivity index (χ1n) is 9.41. The van der Waals surface area contributed by atoms with Crippen LogP contribution in [0.15, 0.2) is 23.5 Å². The number of halogens is 3. The molecular formula is C18H21F3N6O2S. The molecule has 1 aliphatic rings. The van der Waals surface area contributed by atoms with E-state index in [0.29, 0.717) is 12.8 Å². The molecular weight excluding hydrogens is 421 g/mol. The van der Waals surface area contributed by atoms with E-state index in [1.54, 1.807) is 4.52 Å². The molecule has 3 aromatic rings. The monoisotopic (exact) mass is 442 g/mol. The van der Waals surface area contributed by atoms with Gasteiger partial charge in [0, 0.05) is 26.3 Å². The standard InChI is InChI=1S/C18H21F3N6O2S/c1-11-8-15-22-10-23-27(15)9-14(11)13-4-6-26(7-5-13)30(28,29)16-12(2)25(3)24-17(16)18(19,20)21/h8-10,13H,4-7H2,1-3H3. The Kier molecular flexibility index (Phi) is 4.88. The predicted molar refractivity (Wildman–Crippen MR) is 101 cm³/mol. The van der Waals surface area contributed by atoms with E-state index < -0.39 is 26.8 Å². The molecule has 0 amide bonds. The topological polar surface area (TPSA) is 85.4 Å². The first-order valence-corrected chi connectivity index (χ1v) is 10.8. The summed E-state index contributed by atoms with van der Waals surface area (Å²) in [5.41, 5.74) is 1.40. The molecule has 8 nitrogen and oxygen atoms in total. The first kappa shape index (κ1) is 20.8. The van der Waals surface area contributed by atoms with Crippen molar-refractivity contribution in [1.82, 2.24) is 28.7 Å². The van der Waals surface area contributed by atoms with Gasteiger partial charge in [-0.25, -0.2) is 17.9 Å². The Morgan fingerprint density at radius 1 is 1.17 bits per heavy atom. The minimum Gasteiger partial charge on any atom is -0.271 e. The number of fused-ring (bicyclic) bond motifs is 1. The Morgan fingerprint density at radius 3 is 2.47 bits per heavy atom. The number of hydrogen-bond acceptors (Lipinski definition) is 5. The van der Waals surface area contributed by atoms with Gasteiger partial charge in [0.15, 0.2) is 11.3 Å². The Balaban J connectivity index is 1.60. The van der Waals surface area contributed by atoms with Gasteiger partial charge in [-0.2, -0.15) is 27.7 Å². The van der Waals surface area contributed by atoms with Gasteiger partial charge in [-0.3, -0.25) is 4.68 Å². The SMILES string of the molecule is Cc1cc2ncnn2cc1C1CCN(S(=O)(=O)c2c(C(F)(F)F)nn(C)c2C)CC1. The van der Waals surface area contributed by atoms with Crippen molar-refractivity contribution >= 4 is 15.7 Å². The maximum absolute atomic E-state index is 13.4. The van der Waals surface area contributed by atoms with Crippen LogP contribution in [-0.2, 0) is 23.2 Å². The molecule has 1 aliphatic heterocycles. The highest BCUT2D eigenvalue weighted by Gasteiger charge is 2.44. The highest BCUT2D eigenvalue weighted by Crippen LogP contribution is 2.38. The van der Waals surface area contributed by atoms with E-state index in [1.165, 1.54) is 20.3 Å². The Hall–Kier alpha value is -2.47. The molecule has 4 heterocycles. The molecule has 1 fully saturated rings. The second-order valence-electron chi connectivity index (χ2n) is 7.54. The Labute approximate surface area is 171 Å². The van der Waals surface area contributed by atoms with Crippen molar-refractivity contribution < 1.29 is 21.6 Å². The van der Waals surface area contributed by atoms with Crippen LogP contribution < -0.4 is 0 Å². The van der Waals surface area contributed by atoms with Gasteiger partial charge in [0.05, 0.1) is 5.69 Å². The number of sulfonamides is 1. The summed E-state index contributed by atoms with van der Waals surface area (Å²) in [7, 11) is -3.02.